The molecule has 64 valence electrons. The standard InChI is InChI=1S/C10H17Cl/c1-3-5-6-7-8-10(4-2)9-11/h3-4,10H,1-2,5-9H2. The van der Waals surface area contributed by atoms with Crippen LogP contribution in [0.1, 0.15) is 25.7 Å². The van der Waals surface area contributed by atoms with E-state index in [1.165, 1.54) is 19.3 Å². The molecule has 1 unspecified atom stereocenters. The number of halogens is 1. The molecule has 0 heterocycles. The highest BCUT2D eigenvalue weighted by Gasteiger charge is 2.00. The molecule has 0 saturated heterocycles. The molecular weight excluding hydrogens is 156 g/mol. The largest absolute Gasteiger partial charge is 0.126 e. The van der Waals surface area contributed by atoms with Crippen LogP contribution in [0.4, 0.5) is 0 Å². The minimum Gasteiger partial charge on any atom is -0.126 e. The van der Waals surface area contributed by atoms with Crippen LogP contribution in [0.2, 0.25) is 0 Å². The van der Waals surface area contributed by atoms with Crippen molar-refractivity contribution in [2.75, 3.05) is 5.88 Å². The minimum atomic E-state index is 0.501. The first-order valence-electron chi connectivity index (χ1n) is 4.14. The number of alkyl halides is 1. The number of hydrogen-bond donors (Lipinski definition) is 0. The fraction of sp³-hybridized carbons (Fsp3) is 0.600. The van der Waals surface area contributed by atoms with Crippen LogP contribution in [0.3, 0.4) is 0 Å². The molecule has 0 aliphatic heterocycles. The van der Waals surface area contributed by atoms with Crippen LogP contribution in [-0.4, -0.2) is 5.88 Å². The van der Waals surface area contributed by atoms with Gasteiger partial charge in [0.25, 0.3) is 0 Å². The zero-order valence-corrected chi connectivity index (χ0v) is 7.82. The van der Waals surface area contributed by atoms with E-state index in [0.717, 1.165) is 6.42 Å². The second-order valence-corrected chi connectivity index (χ2v) is 3.03. The average molecular weight is 173 g/mol. The Morgan fingerprint density at radius 3 is 2.45 bits per heavy atom. The Bertz CT molecular complexity index is 107. The summed E-state index contributed by atoms with van der Waals surface area (Å²) in [4.78, 5) is 0. The molecule has 0 amide bonds. The van der Waals surface area contributed by atoms with Crippen molar-refractivity contribution < 1.29 is 0 Å². The fourth-order valence-electron chi connectivity index (χ4n) is 0.953. The van der Waals surface area contributed by atoms with E-state index in [2.05, 4.69) is 13.2 Å². The van der Waals surface area contributed by atoms with Gasteiger partial charge in [-0.3, -0.25) is 0 Å². The van der Waals surface area contributed by atoms with Crippen LogP contribution in [0.15, 0.2) is 25.3 Å². The topological polar surface area (TPSA) is 0 Å². The predicted molar refractivity (Wildman–Crippen MR) is 53.1 cm³/mol. The van der Waals surface area contributed by atoms with Gasteiger partial charge in [-0.05, 0) is 25.2 Å². The molecule has 1 atom stereocenters. The van der Waals surface area contributed by atoms with Gasteiger partial charge in [0.2, 0.25) is 0 Å². The maximum absolute atomic E-state index is 5.69. The van der Waals surface area contributed by atoms with E-state index < -0.39 is 0 Å². The van der Waals surface area contributed by atoms with E-state index in [0.29, 0.717) is 11.8 Å². The lowest BCUT2D eigenvalue weighted by molar-refractivity contribution is 0.590. The smallest absolute Gasteiger partial charge is 0.0286 e. The third-order valence-corrected chi connectivity index (χ3v) is 2.16. The van der Waals surface area contributed by atoms with Crippen LogP contribution >= 0.6 is 11.6 Å². The van der Waals surface area contributed by atoms with Crippen molar-refractivity contribution in [1.29, 1.82) is 0 Å². The zero-order valence-electron chi connectivity index (χ0n) is 7.06. The van der Waals surface area contributed by atoms with E-state index >= 15 is 0 Å². The Morgan fingerprint density at radius 1 is 1.27 bits per heavy atom. The van der Waals surface area contributed by atoms with Gasteiger partial charge >= 0.3 is 0 Å². The van der Waals surface area contributed by atoms with Crippen molar-refractivity contribution in [3.8, 4) is 0 Å². The van der Waals surface area contributed by atoms with E-state index in [1.54, 1.807) is 0 Å². The average Bonchev–Trinajstić information content (AvgIpc) is 2.05. The van der Waals surface area contributed by atoms with Gasteiger partial charge in [-0.15, -0.1) is 24.8 Å². The van der Waals surface area contributed by atoms with E-state index in [1.807, 2.05) is 12.2 Å². The molecule has 0 aromatic heterocycles. The summed E-state index contributed by atoms with van der Waals surface area (Å²) in [6, 6.07) is 0. The van der Waals surface area contributed by atoms with Crippen LogP contribution in [0, 0.1) is 5.92 Å². The second-order valence-electron chi connectivity index (χ2n) is 2.72. The molecule has 0 saturated carbocycles. The van der Waals surface area contributed by atoms with Gasteiger partial charge < -0.3 is 0 Å². The Labute approximate surface area is 74.9 Å². The van der Waals surface area contributed by atoms with Crippen molar-refractivity contribution in [2.24, 2.45) is 5.92 Å². The lowest BCUT2D eigenvalue weighted by Gasteiger charge is -2.06. The van der Waals surface area contributed by atoms with E-state index in [4.69, 9.17) is 11.6 Å². The maximum atomic E-state index is 5.69. The normalized spacial score (nSPS) is 12.5. The molecule has 0 nitrogen and oxygen atoms in total. The zero-order chi connectivity index (χ0) is 8.53. The monoisotopic (exact) mass is 172 g/mol. The van der Waals surface area contributed by atoms with Gasteiger partial charge in [-0.1, -0.05) is 18.6 Å². The highest BCUT2D eigenvalue weighted by molar-refractivity contribution is 6.18. The second kappa shape index (κ2) is 7.87. The fourth-order valence-corrected chi connectivity index (χ4v) is 1.23. The lowest BCUT2D eigenvalue weighted by Crippen LogP contribution is -1.96. The first kappa shape index (κ1) is 10.8. The summed E-state index contributed by atoms with van der Waals surface area (Å²) in [5.74, 6) is 1.21. The quantitative estimate of drug-likeness (QED) is 0.312. The summed E-state index contributed by atoms with van der Waals surface area (Å²) in [7, 11) is 0. The van der Waals surface area contributed by atoms with E-state index in [-0.39, 0.29) is 0 Å². The summed E-state index contributed by atoms with van der Waals surface area (Å²) >= 11 is 5.69. The first-order valence-corrected chi connectivity index (χ1v) is 4.68. The van der Waals surface area contributed by atoms with Gasteiger partial charge in [0.05, 0.1) is 0 Å². The molecule has 1 heteroatoms. The Kier molecular flexibility index (Phi) is 7.71. The molecule has 0 aromatic carbocycles. The third-order valence-electron chi connectivity index (χ3n) is 1.76. The van der Waals surface area contributed by atoms with Crippen molar-refractivity contribution in [3.05, 3.63) is 25.3 Å². The number of hydrogen-bond acceptors (Lipinski definition) is 0. The molecule has 0 aromatic rings. The van der Waals surface area contributed by atoms with Gasteiger partial charge in [0, 0.05) is 5.88 Å². The van der Waals surface area contributed by atoms with Crippen LogP contribution in [0.5, 0.6) is 0 Å². The van der Waals surface area contributed by atoms with Gasteiger partial charge in [-0.2, -0.15) is 0 Å². The summed E-state index contributed by atoms with van der Waals surface area (Å²) in [6.07, 6.45) is 8.65. The Hall–Kier alpha value is -0.230. The van der Waals surface area contributed by atoms with Crippen molar-refractivity contribution in [3.63, 3.8) is 0 Å². The van der Waals surface area contributed by atoms with E-state index in [9.17, 15) is 0 Å². The van der Waals surface area contributed by atoms with Crippen molar-refractivity contribution in [1.82, 2.24) is 0 Å². The van der Waals surface area contributed by atoms with Crippen molar-refractivity contribution in [2.45, 2.75) is 25.7 Å². The van der Waals surface area contributed by atoms with Crippen LogP contribution in [0.25, 0.3) is 0 Å². The molecule has 0 bridgehead atoms. The summed E-state index contributed by atoms with van der Waals surface area (Å²) in [5.41, 5.74) is 0. The van der Waals surface area contributed by atoms with Crippen molar-refractivity contribution >= 4 is 11.6 Å². The SMILES string of the molecule is C=CCCCCC(C=C)CCl. The molecular formula is C10H17Cl. The first-order chi connectivity index (χ1) is 5.35. The Morgan fingerprint density at radius 2 is 2.00 bits per heavy atom. The lowest BCUT2D eigenvalue weighted by atomic mass is 10.0. The molecule has 0 radical (unpaired) electrons. The number of rotatable bonds is 7. The molecule has 0 aliphatic rings. The minimum absolute atomic E-state index is 0.501. The highest BCUT2D eigenvalue weighted by atomic mass is 35.5. The van der Waals surface area contributed by atoms with Crippen LogP contribution in [-0.2, 0) is 0 Å². The number of unbranched alkanes of at least 4 members (excludes halogenated alkanes) is 2. The Balaban J connectivity index is 3.20. The highest BCUT2D eigenvalue weighted by Crippen LogP contribution is 2.12. The molecule has 11 heavy (non-hydrogen) atoms. The van der Waals surface area contributed by atoms with Crippen LogP contribution < -0.4 is 0 Å². The molecule has 0 spiro atoms. The van der Waals surface area contributed by atoms with Gasteiger partial charge in [0.1, 0.15) is 0 Å². The number of allylic oxidation sites excluding steroid dienone is 2. The van der Waals surface area contributed by atoms with Gasteiger partial charge in [0.15, 0.2) is 0 Å². The maximum Gasteiger partial charge on any atom is 0.0286 e. The molecule has 0 rings (SSSR count). The summed E-state index contributed by atoms with van der Waals surface area (Å²) in [5, 5.41) is 0. The predicted octanol–water partition coefficient (Wildman–Crippen LogP) is 3.77. The third kappa shape index (κ3) is 6.18. The molecule has 0 aliphatic carbocycles. The summed E-state index contributed by atoms with van der Waals surface area (Å²) < 4.78 is 0. The van der Waals surface area contributed by atoms with Gasteiger partial charge in [-0.25, -0.2) is 0 Å². The molecule has 0 N–H and O–H groups in total. The summed E-state index contributed by atoms with van der Waals surface area (Å²) in [6.45, 7) is 7.40. The molecule has 0 fully saturated rings.